The maximum Gasteiger partial charge on any atom is 0.268 e. The molecular formula is C12H21N3O2. The van der Waals surface area contributed by atoms with Crippen LogP contribution >= 0.6 is 0 Å². The lowest BCUT2D eigenvalue weighted by atomic mass is 10.3. The highest BCUT2D eigenvalue weighted by atomic mass is 16.5. The van der Waals surface area contributed by atoms with Crippen LogP contribution in [0.2, 0.25) is 0 Å². The van der Waals surface area contributed by atoms with Crippen molar-refractivity contribution < 1.29 is 4.74 Å². The summed E-state index contributed by atoms with van der Waals surface area (Å²) in [5.41, 5.74) is 0.693. The van der Waals surface area contributed by atoms with Crippen LogP contribution < -0.4 is 10.9 Å². The Kier molecular flexibility index (Phi) is 5.69. The molecule has 0 atom stereocenters. The Bertz CT molecular complexity index is 388. The van der Waals surface area contributed by atoms with Crippen LogP contribution in [-0.4, -0.2) is 29.0 Å². The van der Waals surface area contributed by atoms with Crippen molar-refractivity contribution in [3.63, 3.8) is 0 Å². The van der Waals surface area contributed by atoms with Gasteiger partial charge in [0.15, 0.2) is 0 Å². The van der Waals surface area contributed by atoms with Crippen LogP contribution in [0.15, 0.2) is 17.1 Å². The molecule has 0 radical (unpaired) electrons. The van der Waals surface area contributed by atoms with E-state index in [-0.39, 0.29) is 5.56 Å². The summed E-state index contributed by atoms with van der Waals surface area (Å²) >= 11 is 0. The number of hydrogen-bond donors (Lipinski definition) is 1. The zero-order valence-electron chi connectivity index (χ0n) is 10.8. The van der Waals surface area contributed by atoms with E-state index in [1.165, 1.54) is 4.68 Å². The van der Waals surface area contributed by atoms with Gasteiger partial charge in [0.05, 0.1) is 11.9 Å². The molecule has 1 heterocycles. The Labute approximate surface area is 102 Å². The average molecular weight is 239 g/mol. The van der Waals surface area contributed by atoms with Crippen LogP contribution in [0.5, 0.6) is 0 Å². The van der Waals surface area contributed by atoms with Crippen molar-refractivity contribution in [2.45, 2.75) is 39.8 Å². The van der Waals surface area contributed by atoms with Gasteiger partial charge in [0.2, 0.25) is 0 Å². The molecule has 1 aromatic heterocycles. The SMILES string of the molecule is CCOCCCn1ncc(NC(C)C)cc1=O. The fraction of sp³-hybridized carbons (Fsp3) is 0.667. The molecule has 0 saturated carbocycles. The number of anilines is 1. The standard InChI is InChI=1S/C12H21N3O2/c1-4-17-7-5-6-15-12(16)8-11(9-13-15)14-10(2)3/h8-10,14H,4-7H2,1-3H3. The van der Waals surface area contributed by atoms with Crippen molar-refractivity contribution in [3.05, 3.63) is 22.6 Å². The normalized spacial score (nSPS) is 10.8. The van der Waals surface area contributed by atoms with E-state index in [1.807, 2.05) is 20.8 Å². The summed E-state index contributed by atoms with van der Waals surface area (Å²) in [4.78, 5) is 11.7. The van der Waals surface area contributed by atoms with E-state index in [1.54, 1.807) is 12.3 Å². The molecule has 0 fully saturated rings. The number of aryl methyl sites for hydroxylation is 1. The largest absolute Gasteiger partial charge is 0.382 e. The lowest BCUT2D eigenvalue weighted by molar-refractivity contribution is 0.140. The minimum atomic E-state index is -0.0767. The van der Waals surface area contributed by atoms with E-state index in [0.717, 1.165) is 12.1 Å². The van der Waals surface area contributed by atoms with E-state index in [0.29, 0.717) is 25.8 Å². The molecule has 0 unspecified atom stereocenters. The summed E-state index contributed by atoms with van der Waals surface area (Å²) in [7, 11) is 0. The molecule has 96 valence electrons. The fourth-order valence-corrected chi connectivity index (χ4v) is 1.47. The number of nitrogens with one attached hydrogen (secondary N) is 1. The topological polar surface area (TPSA) is 56.1 Å². The van der Waals surface area contributed by atoms with Gasteiger partial charge in [-0.15, -0.1) is 0 Å². The zero-order chi connectivity index (χ0) is 12.7. The molecule has 1 N–H and O–H groups in total. The molecule has 0 aliphatic rings. The number of rotatable bonds is 7. The summed E-state index contributed by atoms with van der Waals surface area (Å²) < 4.78 is 6.68. The maximum absolute atomic E-state index is 11.7. The summed E-state index contributed by atoms with van der Waals surface area (Å²) in [6.45, 7) is 7.97. The zero-order valence-corrected chi connectivity index (χ0v) is 10.8. The highest BCUT2D eigenvalue weighted by Gasteiger charge is 2.01. The van der Waals surface area contributed by atoms with Crippen LogP contribution in [0.3, 0.4) is 0 Å². The summed E-state index contributed by atoms with van der Waals surface area (Å²) in [5.74, 6) is 0. The van der Waals surface area contributed by atoms with E-state index in [4.69, 9.17) is 4.74 Å². The van der Waals surface area contributed by atoms with Gasteiger partial charge >= 0.3 is 0 Å². The second-order valence-electron chi connectivity index (χ2n) is 4.16. The van der Waals surface area contributed by atoms with Crippen LogP contribution in [-0.2, 0) is 11.3 Å². The first-order chi connectivity index (χ1) is 8.13. The van der Waals surface area contributed by atoms with Crippen LogP contribution in [0, 0.1) is 0 Å². The minimum absolute atomic E-state index is 0.0767. The molecule has 0 aliphatic carbocycles. The maximum atomic E-state index is 11.7. The summed E-state index contributed by atoms with van der Waals surface area (Å²) in [5, 5.41) is 7.26. The number of aromatic nitrogens is 2. The minimum Gasteiger partial charge on any atom is -0.382 e. The van der Waals surface area contributed by atoms with Gasteiger partial charge in [-0.3, -0.25) is 4.79 Å². The molecular weight excluding hydrogens is 218 g/mol. The van der Waals surface area contributed by atoms with Crippen molar-refractivity contribution in [2.24, 2.45) is 0 Å². The Morgan fingerprint density at radius 3 is 2.88 bits per heavy atom. The third-order valence-electron chi connectivity index (χ3n) is 2.19. The van der Waals surface area contributed by atoms with Crippen molar-refractivity contribution in [1.29, 1.82) is 0 Å². The molecule has 1 rings (SSSR count). The second kappa shape index (κ2) is 7.06. The van der Waals surface area contributed by atoms with Crippen LogP contribution in [0.1, 0.15) is 27.2 Å². The van der Waals surface area contributed by atoms with E-state index in [9.17, 15) is 4.79 Å². The van der Waals surface area contributed by atoms with Gasteiger partial charge in [0.1, 0.15) is 0 Å². The molecule has 1 aromatic rings. The third-order valence-corrected chi connectivity index (χ3v) is 2.19. The van der Waals surface area contributed by atoms with Crippen molar-refractivity contribution in [1.82, 2.24) is 9.78 Å². The molecule has 0 saturated heterocycles. The molecule has 0 aromatic carbocycles. The first-order valence-corrected chi connectivity index (χ1v) is 6.05. The Balaban J connectivity index is 2.54. The summed E-state index contributed by atoms with van der Waals surface area (Å²) in [6, 6.07) is 1.87. The first-order valence-electron chi connectivity index (χ1n) is 6.05. The second-order valence-corrected chi connectivity index (χ2v) is 4.16. The molecule has 5 heteroatoms. The van der Waals surface area contributed by atoms with Crippen LogP contribution in [0.25, 0.3) is 0 Å². The Hall–Kier alpha value is -1.36. The van der Waals surface area contributed by atoms with E-state index in [2.05, 4.69) is 10.4 Å². The highest BCUT2D eigenvalue weighted by Crippen LogP contribution is 2.02. The number of hydrogen-bond acceptors (Lipinski definition) is 4. The number of nitrogens with zero attached hydrogens (tertiary/aromatic N) is 2. The lowest BCUT2D eigenvalue weighted by Gasteiger charge is -2.10. The first kappa shape index (κ1) is 13.7. The lowest BCUT2D eigenvalue weighted by Crippen LogP contribution is -2.24. The predicted octanol–water partition coefficient (Wildman–Crippen LogP) is 1.49. The van der Waals surface area contributed by atoms with Gasteiger partial charge in [-0.25, -0.2) is 4.68 Å². The van der Waals surface area contributed by atoms with Crippen molar-refractivity contribution in [3.8, 4) is 0 Å². The molecule has 0 bridgehead atoms. The fourth-order valence-electron chi connectivity index (χ4n) is 1.47. The highest BCUT2D eigenvalue weighted by molar-refractivity contribution is 5.39. The van der Waals surface area contributed by atoms with Crippen LogP contribution in [0.4, 0.5) is 5.69 Å². The predicted molar refractivity (Wildman–Crippen MR) is 68.4 cm³/mol. The molecule has 0 spiro atoms. The van der Waals surface area contributed by atoms with E-state index < -0.39 is 0 Å². The number of ether oxygens (including phenoxy) is 1. The average Bonchev–Trinajstić information content (AvgIpc) is 2.26. The van der Waals surface area contributed by atoms with E-state index >= 15 is 0 Å². The quantitative estimate of drug-likeness (QED) is 0.732. The van der Waals surface area contributed by atoms with Crippen molar-refractivity contribution >= 4 is 5.69 Å². The third kappa shape index (κ3) is 4.99. The van der Waals surface area contributed by atoms with Crippen molar-refractivity contribution in [2.75, 3.05) is 18.5 Å². The smallest absolute Gasteiger partial charge is 0.268 e. The van der Waals surface area contributed by atoms with Gasteiger partial charge in [0.25, 0.3) is 5.56 Å². The monoisotopic (exact) mass is 239 g/mol. The van der Waals surface area contributed by atoms with Gasteiger partial charge in [-0.2, -0.15) is 5.10 Å². The molecule has 17 heavy (non-hydrogen) atoms. The van der Waals surface area contributed by atoms with Gasteiger partial charge in [-0.1, -0.05) is 0 Å². The summed E-state index contributed by atoms with van der Waals surface area (Å²) in [6.07, 6.45) is 2.49. The Morgan fingerprint density at radius 1 is 1.53 bits per heavy atom. The molecule has 5 nitrogen and oxygen atoms in total. The molecule has 0 amide bonds. The molecule has 0 aliphatic heterocycles. The van der Waals surface area contributed by atoms with Gasteiger partial charge in [-0.05, 0) is 27.2 Å². The van der Waals surface area contributed by atoms with Gasteiger partial charge in [0, 0.05) is 31.9 Å². The Morgan fingerprint density at radius 2 is 2.29 bits per heavy atom. The van der Waals surface area contributed by atoms with Gasteiger partial charge < -0.3 is 10.1 Å².